The molecule has 3 unspecified atom stereocenters. The van der Waals surface area contributed by atoms with E-state index in [9.17, 15) is 18.3 Å². The van der Waals surface area contributed by atoms with Gasteiger partial charge in [-0.1, -0.05) is 13.8 Å². The summed E-state index contributed by atoms with van der Waals surface area (Å²) in [5.74, 6) is 2.22. The molecule has 0 spiro atoms. The second-order valence-electron chi connectivity index (χ2n) is 11.2. The summed E-state index contributed by atoms with van der Waals surface area (Å²) in [5, 5.41) is 10.6. The van der Waals surface area contributed by atoms with E-state index in [0.717, 1.165) is 44.9 Å². The van der Waals surface area contributed by atoms with Crippen LogP contribution in [0.4, 0.5) is 0 Å². The van der Waals surface area contributed by atoms with Crippen LogP contribution >= 0.6 is 10.8 Å². The van der Waals surface area contributed by atoms with Crippen molar-refractivity contribution < 1.29 is 22.9 Å². The zero-order valence-corrected chi connectivity index (χ0v) is 19.5. The van der Waals surface area contributed by atoms with Crippen molar-refractivity contribution in [2.45, 2.75) is 84.2 Å². The number of hydrogen-bond donors (Lipinski definition) is 2. The number of fused-ring (bicyclic) bond motifs is 5. The van der Waals surface area contributed by atoms with Gasteiger partial charge in [0.1, 0.15) is 5.78 Å². The topological polar surface area (TPSA) is 91.7 Å². The molecule has 4 fully saturated rings. The van der Waals surface area contributed by atoms with Gasteiger partial charge < -0.3 is 5.11 Å². The molecule has 4 saturated carbocycles. The van der Waals surface area contributed by atoms with Crippen molar-refractivity contribution in [2.75, 3.05) is 5.75 Å². The lowest BCUT2D eigenvalue weighted by atomic mass is 9.44. The van der Waals surface area contributed by atoms with Crippen molar-refractivity contribution in [3.05, 3.63) is 0 Å². The number of hydrogen-bond acceptors (Lipinski definition) is 5. The summed E-state index contributed by atoms with van der Waals surface area (Å²) in [6.45, 7) is 6.72. The lowest BCUT2D eigenvalue weighted by molar-refractivity contribution is -0.150. The Balaban J connectivity index is 1.51. The minimum atomic E-state index is -4.17. The summed E-state index contributed by atoms with van der Waals surface area (Å²) in [6, 6.07) is 0. The molecule has 0 bridgehead atoms. The molecule has 7 heteroatoms. The number of aliphatic hydroxyl groups is 1. The van der Waals surface area contributed by atoms with Crippen LogP contribution in [-0.4, -0.2) is 35.2 Å². The molecule has 0 aromatic rings. The quantitative estimate of drug-likeness (QED) is 0.490. The van der Waals surface area contributed by atoms with Crippen LogP contribution in [0, 0.1) is 40.4 Å². The van der Waals surface area contributed by atoms with Crippen LogP contribution in [0.1, 0.15) is 78.6 Å². The van der Waals surface area contributed by atoms with Gasteiger partial charge in [-0.15, -0.1) is 0 Å². The highest BCUT2D eigenvalue weighted by Gasteiger charge is 2.61. The van der Waals surface area contributed by atoms with Crippen LogP contribution in [0.15, 0.2) is 0 Å². The molecule has 8 atom stereocenters. The smallest absolute Gasteiger partial charge is 0.320 e. The third-order valence-corrected chi connectivity index (χ3v) is 11.6. The van der Waals surface area contributed by atoms with E-state index in [0.29, 0.717) is 39.9 Å². The molecule has 29 heavy (non-hydrogen) atoms. The first-order valence-electron chi connectivity index (χ1n) is 11.2. The lowest BCUT2D eigenvalue weighted by Gasteiger charge is -2.61. The van der Waals surface area contributed by atoms with Gasteiger partial charge in [-0.2, -0.15) is 8.42 Å². The highest BCUT2D eigenvalue weighted by Crippen LogP contribution is 2.68. The number of rotatable bonds is 4. The highest BCUT2D eigenvalue weighted by atomic mass is 33.1. The van der Waals surface area contributed by atoms with Crippen LogP contribution in [-0.2, 0) is 13.9 Å². The molecule has 0 aliphatic heterocycles. The number of ketones is 1. The molecule has 4 aliphatic rings. The standard InChI is InChI=1S/C22H36O5S2/c1-20(24)10-11-21(2)14(12-20)4-5-15-16-6-7-18(19(23)13-28-29(25,26)27)22(16,3)9-8-17(15)21/h14-18,24H,4-13H2,1-3H3,(H,25,26,27)/t14-,15?,16?,17?,18+,20+,21-,22-/m0/s1. The third kappa shape index (κ3) is 3.83. The maximum Gasteiger partial charge on any atom is 0.320 e. The lowest BCUT2D eigenvalue weighted by Crippen LogP contribution is -2.55. The van der Waals surface area contributed by atoms with Gasteiger partial charge in [0.15, 0.2) is 0 Å². The zero-order chi connectivity index (χ0) is 21.2. The first-order valence-corrected chi connectivity index (χ1v) is 14.2. The Hall–Kier alpha value is -0.110. The van der Waals surface area contributed by atoms with Crippen LogP contribution in [0.3, 0.4) is 0 Å². The minimum absolute atomic E-state index is 0.00955. The first kappa shape index (κ1) is 22.1. The number of Topliss-reactive ketones (excluding diaryl/α,β-unsaturated/α-hetero) is 1. The van der Waals surface area contributed by atoms with E-state index in [1.165, 1.54) is 12.8 Å². The third-order valence-electron chi connectivity index (χ3n) is 9.69. The molecule has 0 aromatic carbocycles. The Morgan fingerprint density at radius 1 is 0.966 bits per heavy atom. The maximum absolute atomic E-state index is 12.9. The molecule has 0 radical (unpaired) electrons. The fourth-order valence-electron chi connectivity index (χ4n) is 8.19. The van der Waals surface area contributed by atoms with Crippen molar-refractivity contribution in [1.29, 1.82) is 0 Å². The Bertz CT molecular complexity index is 778. The zero-order valence-electron chi connectivity index (χ0n) is 17.9. The van der Waals surface area contributed by atoms with Gasteiger partial charge in [0.2, 0.25) is 0 Å². The van der Waals surface area contributed by atoms with E-state index in [-0.39, 0.29) is 22.9 Å². The monoisotopic (exact) mass is 444 g/mol. The SMILES string of the molecule is C[C@@]1(O)CC[C@]2(C)C3CC[C@@]4(C)C(CC[C@@H]4C(=O)CSS(=O)(=O)O)C3CC[C@H]2C1. The molecular formula is C22H36O5S2. The largest absolute Gasteiger partial charge is 0.390 e. The predicted molar refractivity (Wildman–Crippen MR) is 115 cm³/mol. The molecule has 0 aromatic heterocycles. The fourth-order valence-corrected chi connectivity index (χ4v) is 9.45. The van der Waals surface area contributed by atoms with E-state index in [2.05, 4.69) is 13.8 Å². The molecule has 2 N–H and O–H groups in total. The molecule has 0 heterocycles. The normalized spacial score (nSPS) is 49.8. The second-order valence-corrected chi connectivity index (χ2v) is 14.5. The summed E-state index contributed by atoms with van der Waals surface area (Å²) >= 11 is 0. The number of carbonyl (C=O) groups excluding carboxylic acids is 1. The van der Waals surface area contributed by atoms with Crippen LogP contribution in [0.2, 0.25) is 0 Å². The van der Waals surface area contributed by atoms with Crippen molar-refractivity contribution in [2.24, 2.45) is 40.4 Å². The minimum Gasteiger partial charge on any atom is -0.390 e. The summed E-state index contributed by atoms with van der Waals surface area (Å²) in [5.41, 5.74) is -0.257. The molecule has 4 aliphatic carbocycles. The Morgan fingerprint density at radius 3 is 2.34 bits per heavy atom. The van der Waals surface area contributed by atoms with Gasteiger partial charge in [0.25, 0.3) is 0 Å². The van der Waals surface area contributed by atoms with Gasteiger partial charge >= 0.3 is 9.15 Å². The average molecular weight is 445 g/mol. The molecule has 0 saturated heterocycles. The Labute approximate surface area is 178 Å². The van der Waals surface area contributed by atoms with E-state index in [1.54, 1.807) is 0 Å². The predicted octanol–water partition coefficient (Wildman–Crippen LogP) is 4.50. The summed E-state index contributed by atoms with van der Waals surface area (Å²) in [4.78, 5) is 12.9. The Kier molecular flexibility index (Phi) is 5.49. The summed E-state index contributed by atoms with van der Waals surface area (Å²) < 4.78 is 31.1. The van der Waals surface area contributed by atoms with Gasteiger partial charge in [0.05, 0.1) is 11.4 Å². The molecule has 166 valence electrons. The van der Waals surface area contributed by atoms with Gasteiger partial charge in [-0.25, -0.2) is 0 Å². The molecule has 0 amide bonds. The second kappa shape index (κ2) is 7.21. The van der Waals surface area contributed by atoms with Crippen molar-refractivity contribution in [3.8, 4) is 0 Å². The van der Waals surface area contributed by atoms with Crippen molar-refractivity contribution in [1.82, 2.24) is 0 Å². The molecule has 5 nitrogen and oxygen atoms in total. The van der Waals surface area contributed by atoms with E-state index < -0.39 is 14.8 Å². The highest BCUT2D eigenvalue weighted by molar-refractivity contribution is 8.70. The molecule has 4 rings (SSSR count). The van der Waals surface area contributed by atoms with Gasteiger partial charge in [-0.05, 0) is 99.2 Å². The van der Waals surface area contributed by atoms with E-state index in [1.807, 2.05) is 6.92 Å². The summed E-state index contributed by atoms with van der Waals surface area (Å²) in [6.07, 6.45) is 9.36. The van der Waals surface area contributed by atoms with Gasteiger partial charge in [0, 0.05) is 16.7 Å². The van der Waals surface area contributed by atoms with Crippen LogP contribution < -0.4 is 0 Å². The van der Waals surface area contributed by atoms with Crippen molar-refractivity contribution >= 4 is 25.7 Å². The first-order chi connectivity index (χ1) is 13.4. The van der Waals surface area contributed by atoms with Gasteiger partial charge in [-0.3, -0.25) is 9.35 Å². The number of carbonyl (C=O) groups is 1. The summed E-state index contributed by atoms with van der Waals surface area (Å²) in [7, 11) is -3.81. The average Bonchev–Trinajstić information content (AvgIpc) is 2.97. The van der Waals surface area contributed by atoms with E-state index >= 15 is 0 Å². The fraction of sp³-hybridized carbons (Fsp3) is 0.955. The van der Waals surface area contributed by atoms with Crippen LogP contribution in [0.5, 0.6) is 0 Å². The van der Waals surface area contributed by atoms with E-state index in [4.69, 9.17) is 4.55 Å². The molecular weight excluding hydrogens is 408 g/mol. The maximum atomic E-state index is 12.9. The van der Waals surface area contributed by atoms with Crippen LogP contribution in [0.25, 0.3) is 0 Å². The Morgan fingerprint density at radius 2 is 1.66 bits per heavy atom. The van der Waals surface area contributed by atoms with Crippen molar-refractivity contribution in [3.63, 3.8) is 0 Å².